The van der Waals surface area contributed by atoms with Gasteiger partial charge in [-0.15, -0.1) is 0 Å². The second kappa shape index (κ2) is 5.19. The van der Waals surface area contributed by atoms with Gasteiger partial charge in [0.1, 0.15) is 16.1 Å². The van der Waals surface area contributed by atoms with Crippen LogP contribution in [0.3, 0.4) is 0 Å². The van der Waals surface area contributed by atoms with Crippen LogP contribution >= 0.6 is 35.0 Å². The minimum Gasteiger partial charge on any atom is -0.220 e. The van der Waals surface area contributed by atoms with Crippen LogP contribution in [-0.2, 0) is 5.75 Å². The fourth-order valence-corrected chi connectivity index (χ4v) is 2.37. The van der Waals surface area contributed by atoms with Gasteiger partial charge >= 0.3 is 0 Å². The molecule has 1 rings (SSSR count). The van der Waals surface area contributed by atoms with Gasteiger partial charge in [-0.2, -0.15) is 11.8 Å². The molecule has 0 saturated carbocycles. The molecule has 78 valence electrons. The first-order chi connectivity index (χ1) is 6.56. The Kier molecular flexibility index (Phi) is 4.48. The maximum absolute atomic E-state index is 6.02. The lowest BCUT2D eigenvalue weighted by Gasteiger charge is -2.10. The lowest BCUT2D eigenvalue weighted by molar-refractivity contribution is 0.837. The Labute approximate surface area is 98.4 Å². The van der Waals surface area contributed by atoms with Crippen molar-refractivity contribution in [2.45, 2.75) is 25.5 Å². The Morgan fingerprint density at radius 2 is 1.71 bits per heavy atom. The third-order valence-corrected chi connectivity index (χ3v) is 2.87. The Morgan fingerprint density at radius 1 is 1.21 bits per heavy atom. The van der Waals surface area contributed by atoms with Gasteiger partial charge < -0.3 is 0 Å². The van der Waals surface area contributed by atoms with Crippen LogP contribution in [0.25, 0.3) is 0 Å². The van der Waals surface area contributed by atoms with Crippen LogP contribution in [0.1, 0.15) is 31.2 Å². The molecule has 0 bridgehead atoms. The predicted molar refractivity (Wildman–Crippen MR) is 63.4 cm³/mol. The summed E-state index contributed by atoms with van der Waals surface area (Å²) in [5.74, 6) is 1.67. The van der Waals surface area contributed by atoms with E-state index in [0.29, 0.717) is 16.1 Å². The molecular weight excluding hydrogens is 239 g/mol. The zero-order valence-corrected chi connectivity index (χ0v) is 10.7. The Balaban J connectivity index is 3.11. The summed E-state index contributed by atoms with van der Waals surface area (Å²) in [6, 6.07) is 0. The summed E-state index contributed by atoms with van der Waals surface area (Å²) >= 11 is 13.7. The highest BCUT2D eigenvalue weighted by molar-refractivity contribution is 7.97. The molecule has 0 fully saturated rings. The normalized spacial score (nSPS) is 11.0. The molecule has 0 aliphatic heterocycles. The topological polar surface area (TPSA) is 25.8 Å². The minimum absolute atomic E-state index is 0.248. The number of nitrogens with zero attached hydrogens (tertiary/aromatic N) is 2. The molecule has 0 unspecified atom stereocenters. The summed E-state index contributed by atoms with van der Waals surface area (Å²) in [6.07, 6.45) is 1.99. The van der Waals surface area contributed by atoms with Gasteiger partial charge in [0.2, 0.25) is 0 Å². The molecule has 0 aliphatic carbocycles. The molecular formula is C9H12Cl2N2S. The van der Waals surface area contributed by atoms with Crippen molar-refractivity contribution in [1.82, 2.24) is 9.97 Å². The highest BCUT2D eigenvalue weighted by Crippen LogP contribution is 2.28. The third kappa shape index (κ3) is 2.75. The van der Waals surface area contributed by atoms with Gasteiger partial charge in [-0.3, -0.25) is 0 Å². The molecule has 1 aromatic heterocycles. The Hall–Kier alpha value is 0.01000. The number of aromatic nitrogens is 2. The lowest BCUT2D eigenvalue weighted by Crippen LogP contribution is -2.01. The van der Waals surface area contributed by atoms with E-state index in [-0.39, 0.29) is 5.92 Å². The van der Waals surface area contributed by atoms with Gasteiger partial charge in [0, 0.05) is 5.56 Å². The average Bonchev–Trinajstić information content (AvgIpc) is 2.01. The molecule has 1 heterocycles. The summed E-state index contributed by atoms with van der Waals surface area (Å²) in [7, 11) is 0. The van der Waals surface area contributed by atoms with Crippen LogP contribution in [0.5, 0.6) is 0 Å². The van der Waals surface area contributed by atoms with Gasteiger partial charge in [0.25, 0.3) is 0 Å². The molecule has 2 nitrogen and oxygen atoms in total. The monoisotopic (exact) mass is 250 g/mol. The van der Waals surface area contributed by atoms with E-state index in [2.05, 4.69) is 9.97 Å². The molecule has 0 radical (unpaired) electrons. The van der Waals surface area contributed by atoms with E-state index >= 15 is 0 Å². The smallest absolute Gasteiger partial charge is 0.141 e. The number of halogens is 2. The highest BCUT2D eigenvalue weighted by Gasteiger charge is 2.14. The van der Waals surface area contributed by atoms with Crippen molar-refractivity contribution >= 4 is 35.0 Å². The van der Waals surface area contributed by atoms with E-state index < -0.39 is 0 Å². The van der Waals surface area contributed by atoms with Gasteiger partial charge in [0.05, 0.1) is 5.75 Å². The van der Waals surface area contributed by atoms with E-state index in [4.69, 9.17) is 23.2 Å². The third-order valence-electron chi connectivity index (χ3n) is 1.75. The van der Waals surface area contributed by atoms with Gasteiger partial charge in [-0.1, -0.05) is 37.0 Å². The van der Waals surface area contributed by atoms with Crippen LogP contribution in [0.15, 0.2) is 0 Å². The van der Waals surface area contributed by atoms with Crippen molar-refractivity contribution in [3.8, 4) is 0 Å². The molecule has 14 heavy (non-hydrogen) atoms. The summed E-state index contributed by atoms with van der Waals surface area (Å²) in [5, 5.41) is 0.952. The number of thioether (sulfide) groups is 1. The quantitative estimate of drug-likeness (QED) is 0.765. The van der Waals surface area contributed by atoms with Crippen molar-refractivity contribution in [2.24, 2.45) is 0 Å². The van der Waals surface area contributed by atoms with Crippen molar-refractivity contribution in [2.75, 3.05) is 6.26 Å². The molecule has 0 aromatic carbocycles. The molecule has 1 aromatic rings. The van der Waals surface area contributed by atoms with Gasteiger partial charge in [0.15, 0.2) is 0 Å². The maximum Gasteiger partial charge on any atom is 0.141 e. The standard InChI is InChI=1S/C9H12Cl2N2S/c1-5(2)7-8(10)12-6(4-14-3)13-9(7)11/h5H,4H2,1-3H3. The first-order valence-electron chi connectivity index (χ1n) is 4.27. The van der Waals surface area contributed by atoms with E-state index in [1.807, 2.05) is 20.1 Å². The summed E-state index contributed by atoms with van der Waals surface area (Å²) in [5.41, 5.74) is 0.832. The van der Waals surface area contributed by atoms with Gasteiger partial charge in [-0.25, -0.2) is 9.97 Å². The van der Waals surface area contributed by atoms with Crippen LogP contribution in [0.4, 0.5) is 0 Å². The Bertz CT molecular complexity index is 306. The average molecular weight is 251 g/mol. The van der Waals surface area contributed by atoms with Crippen molar-refractivity contribution < 1.29 is 0 Å². The molecule has 0 saturated heterocycles. The van der Waals surface area contributed by atoms with Crippen LogP contribution in [-0.4, -0.2) is 16.2 Å². The molecule has 0 atom stereocenters. The van der Waals surface area contributed by atoms with Crippen LogP contribution in [0, 0.1) is 0 Å². The Morgan fingerprint density at radius 3 is 2.07 bits per heavy atom. The van der Waals surface area contributed by atoms with Crippen LogP contribution in [0.2, 0.25) is 10.3 Å². The van der Waals surface area contributed by atoms with Gasteiger partial charge in [-0.05, 0) is 12.2 Å². The molecule has 5 heteroatoms. The van der Waals surface area contributed by atoms with Crippen LogP contribution < -0.4 is 0 Å². The number of hydrogen-bond donors (Lipinski definition) is 0. The predicted octanol–water partition coefficient (Wildman–Crippen LogP) is 3.77. The maximum atomic E-state index is 6.02. The molecule has 0 amide bonds. The highest BCUT2D eigenvalue weighted by atomic mass is 35.5. The SMILES string of the molecule is CSCc1nc(Cl)c(C(C)C)c(Cl)n1. The number of hydrogen-bond acceptors (Lipinski definition) is 3. The molecule has 0 N–H and O–H groups in total. The largest absolute Gasteiger partial charge is 0.220 e. The van der Waals surface area contributed by atoms with Crippen molar-refractivity contribution in [3.63, 3.8) is 0 Å². The fraction of sp³-hybridized carbons (Fsp3) is 0.556. The second-order valence-electron chi connectivity index (χ2n) is 3.22. The van der Waals surface area contributed by atoms with E-state index in [0.717, 1.165) is 11.3 Å². The first kappa shape index (κ1) is 12.1. The first-order valence-corrected chi connectivity index (χ1v) is 6.42. The van der Waals surface area contributed by atoms with Crippen molar-refractivity contribution in [1.29, 1.82) is 0 Å². The molecule has 0 aliphatic rings. The number of rotatable bonds is 3. The summed E-state index contributed by atoms with van der Waals surface area (Å²) in [6.45, 7) is 4.04. The zero-order chi connectivity index (χ0) is 10.7. The fourth-order valence-electron chi connectivity index (χ4n) is 1.13. The summed E-state index contributed by atoms with van der Waals surface area (Å²) < 4.78 is 0. The minimum atomic E-state index is 0.248. The molecule has 0 spiro atoms. The van der Waals surface area contributed by atoms with E-state index in [1.165, 1.54) is 0 Å². The lowest BCUT2D eigenvalue weighted by atomic mass is 10.1. The van der Waals surface area contributed by atoms with E-state index in [9.17, 15) is 0 Å². The van der Waals surface area contributed by atoms with E-state index in [1.54, 1.807) is 11.8 Å². The zero-order valence-electron chi connectivity index (χ0n) is 8.34. The second-order valence-corrected chi connectivity index (χ2v) is 4.80. The van der Waals surface area contributed by atoms with Crippen molar-refractivity contribution in [3.05, 3.63) is 21.7 Å². The summed E-state index contributed by atoms with van der Waals surface area (Å²) in [4.78, 5) is 8.39.